The van der Waals surface area contributed by atoms with E-state index in [4.69, 9.17) is 0 Å². The van der Waals surface area contributed by atoms with Crippen molar-refractivity contribution in [3.8, 4) is 0 Å². The molecule has 0 aromatic carbocycles. The molecule has 3 heteroatoms. The van der Waals surface area contributed by atoms with Crippen LogP contribution in [-0.4, -0.2) is 25.1 Å². The Bertz CT molecular complexity index is 145. The van der Waals surface area contributed by atoms with Crippen LogP contribution in [0, 0.1) is 0 Å². The van der Waals surface area contributed by atoms with Crippen LogP contribution in [0.15, 0.2) is 22.8 Å². The van der Waals surface area contributed by atoms with Crippen molar-refractivity contribution in [2.24, 2.45) is 0 Å². The van der Waals surface area contributed by atoms with Crippen molar-refractivity contribution in [2.45, 2.75) is 0 Å². The van der Waals surface area contributed by atoms with Gasteiger partial charge in [0.25, 0.3) is 0 Å². The molecule has 0 unspecified atom stereocenters. The van der Waals surface area contributed by atoms with Gasteiger partial charge >= 0.3 is 18.9 Å². The molecule has 0 fully saturated rings. The molecule has 0 aliphatic carbocycles. The summed E-state index contributed by atoms with van der Waals surface area (Å²) in [6, 6.07) is 3.27. The first-order chi connectivity index (χ1) is 3.43. The number of carbonyl (C=O) groups excluding carboxylic acids is 1. The van der Waals surface area contributed by atoms with Crippen LogP contribution in [-0.2, 0) is 0 Å². The topological polar surface area (TPSA) is 30.2 Å². The SMILES string of the molecule is O=Cc1ccco1.[LiH]. The van der Waals surface area contributed by atoms with Crippen LogP contribution < -0.4 is 0 Å². The summed E-state index contributed by atoms with van der Waals surface area (Å²) in [5.74, 6) is 0.375. The standard InChI is InChI=1S/C5H4O2.Li.H/c6-4-5-2-1-3-7-5;;/h1-4H;;. The van der Waals surface area contributed by atoms with E-state index in [-0.39, 0.29) is 18.9 Å². The minimum absolute atomic E-state index is 0. The maximum absolute atomic E-state index is 9.77. The first-order valence-corrected chi connectivity index (χ1v) is 1.92. The Balaban J connectivity index is 0.000000490. The molecule has 1 rings (SSSR count). The first-order valence-electron chi connectivity index (χ1n) is 1.92. The summed E-state index contributed by atoms with van der Waals surface area (Å²) in [5, 5.41) is 0. The Morgan fingerprint density at radius 3 is 2.62 bits per heavy atom. The molecular formula is C5H5LiO2. The number of furan rings is 1. The average Bonchev–Trinajstić information content (AvgIpc) is 2.14. The molecule has 0 atom stereocenters. The van der Waals surface area contributed by atoms with Crippen LogP contribution in [0.3, 0.4) is 0 Å². The second-order valence-electron chi connectivity index (χ2n) is 1.13. The van der Waals surface area contributed by atoms with E-state index in [1.54, 1.807) is 12.1 Å². The molecule has 0 spiro atoms. The molecule has 0 aliphatic heterocycles. The summed E-state index contributed by atoms with van der Waals surface area (Å²) in [6.45, 7) is 0. The van der Waals surface area contributed by atoms with E-state index in [1.807, 2.05) is 0 Å². The number of hydrogen-bond donors (Lipinski definition) is 0. The van der Waals surface area contributed by atoms with Gasteiger partial charge in [-0.15, -0.1) is 0 Å². The minimum atomic E-state index is 0. The normalized spacial score (nSPS) is 7.50. The number of aldehydes is 1. The third-order valence-electron chi connectivity index (χ3n) is 0.659. The zero-order valence-electron chi connectivity index (χ0n) is 3.63. The van der Waals surface area contributed by atoms with Crippen LogP contribution in [0.1, 0.15) is 10.6 Å². The van der Waals surface area contributed by atoms with Gasteiger partial charge in [0.05, 0.1) is 6.26 Å². The van der Waals surface area contributed by atoms with Crippen molar-refractivity contribution in [3.05, 3.63) is 24.2 Å². The summed E-state index contributed by atoms with van der Waals surface area (Å²) in [4.78, 5) is 9.77. The average molecular weight is 104 g/mol. The molecule has 1 heterocycles. The van der Waals surface area contributed by atoms with E-state index < -0.39 is 0 Å². The second-order valence-corrected chi connectivity index (χ2v) is 1.13. The van der Waals surface area contributed by atoms with E-state index >= 15 is 0 Å². The molecule has 38 valence electrons. The quantitative estimate of drug-likeness (QED) is 0.382. The van der Waals surface area contributed by atoms with Crippen molar-refractivity contribution in [1.82, 2.24) is 0 Å². The van der Waals surface area contributed by atoms with Crippen molar-refractivity contribution in [1.29, 1.82) is 0 Å². The fourth-order valence-corrected chi connectivity index (χ4v) is 0.358. The van der Waals surface area contributed by atoms with Crippen molar-refractivity contribution in [2.75, 3.05) is 0 Å². The molecule has 0 saturated carbocycles. The molecule has 0 bridgehead atoms. The van der Waals surface area contributed by atoms with Crippen LogP contribution >= 0.6 is 0 Å². The first kappa shape index (κ1) is 7.55. The van der Waals surface area contributed by atoms with Crippen LogP contribution in [0.25, 0.3) is 0 Å². The number of rotatable bonds is 1. The Morgan fingerprint density at radius 1 is 1.62 bits per heavy atom. The third kappa shape index (κ3) is 1.57. The fraction of sp³-hybridized carbons (Fsp3) is 0. The van der Waals surface area contributed by atoms with Crippen LogP contribution in [0.5, 0.6) is 0 Å². The van der Waals surface area contributed by atoms with E-state index in [2.05, 4.69) is 4.42 Å². The Labute approximate surface area is 59.0 Å². The molecule has 0 N–H and O–H groups in total. The Morgan fingerprint density at radius 2 is 2.38 bits per heavy atom. The zero-order valence-corrected chi connectivity index (χ0v) is 3.63. The Hall–Kier alpha value is -0.453. The fourth-order valence-electron chi connectivity index (χ4n) is 0.358. The molecule has 0 amide bonds. The second kappa shape index (κ2) is 3.54. The zero-order chi connectivity index (χ0) is 5.11. The summed E-state index contributed by atoms with van der Waals surface area (Å²) in [6.07, 6.45) is 2.13. The summed E-state index contributed by atoms with van der Waals surface area (Å²) >= 11 is 0. The molecule has 1 aromatic rings. The van der Waals surface area contributed by atoms with Gasteiger partial charge in [-0.05, 0) is 12.1 Å². The van der Waals surface area contributed by atoms with Gasteiger partial charge in [0.15, 0.2) is 12.0 Å². The van der Waals surface area contributed by atoms with Gasteiger partial charge in [0.1, 0.15) is 0 Å². The molecule has 0 radical (unpaired) electrons. The van der Waals surface area contributed by atoms with Gasteiger partial charge in [-0.25, -0.2) is 0 Å². The maximum atomic E-state index is 9.77. The van der Waals surface area contributed by atoms with E-state index in [1.165, 1.54) is 6.26 Å². The van der Waals surface area contributed by atoms with E-state index in [0.717, 1.165) is 0 Å². The van der Waals surface area contributed by atoms with E-state index in [0.29, 0.717) is 12.0 Å². The van der Waals surface area contributed by atoms with Gasteiger partial charge in [0, 0.05) is 0 Å². The summed E-state index contributed by atoms with van der Waals surface area (Å²) < 4.78 is 4.61. The third-order valence-corrected chi connectivity index (χ3v) is 0.659. The van der Waals surface area contributed by atoms with Crippen LogP contribution in [0.2, 0.25) is 0 Å². The van der Waals surface area contributed by atoms with Crippen molar-refractivity contribution < 1.29 is 9.21 Å². The summed E-state index contributed by atoms with van der Waals surface area (Å²) in [5.41, 5.74) is 0. The van der Waals surface area contributed by atoms with Crippen molar-refractivity contribution in [3.63, 3.8) is 0 Å². The van der Waals surface area contributed by atoms with Gasteiger partial charge < -0.3 is 4.42 Å². The van der Waals surface area contributed by atoms with Gasteiger partial charge in [-0.2, -0.15) is 0 Å². The predicted molar refractivity (Wildman–Crippen MR) is 31.2 cm³/mol. The Kier molecular flexibility index (Phi) is 3.34. The predicted octanol–water partition coefficient (Wildman–Crippen LogP) is 0.444. The molecular weight excluding hydrogens is 99.0 g/mol. The van der Waals surface area contributed by atoms with Gasteiger partial charge in [-0.1, -0.05) is 0 Å². The molecule has 0 saturated heterocycles. The van der Waals surface area contributed by atoms with E-state index in [9.17, 15) is 4.79 Å². The summed E-state index contributed by atoms with van der Waals surface area (Å²) in [7, 11) is 0. The number of carbonyl (C=O) groups is 1. The molecule has 0 aliphatic rings. The van der Waals surface area contributed by atoms with Crippen LogP contribution in [0.4, 0.5) is 0 Å². The van der Waals surface area contributed by atoms with Gasteiger partial charge in [0.2, 0.25) is 0 Å². The monoisotopic (exact) mass is 104 g/mol. The molecule has 1 aromatic heterocycles. The number of hydrogen-bond acceptors (Lipinski definition) is 2. The van der Waals surface area contributed by atoms with Gasteiger partial charge in [-0.3, -0.25) is 4.79 Å². The van der Waals surface area contributed by atoms with Crippen molar-refractivity contribution >= 4 is 25.1 Å². The molecule has 8 heavy (non-hydrogen) atoms. The molecule has 2 nitrogen and oxygen atoms in total.